The zero-order valence-corrected chi connectivity index (χ0v) is 12.5. The predicted octanol–water partition coefficient (Wildman–Crippen LogP) is 3.85. The minimum atomic E-state index is 0.301. The number of likely N-dealkylation sites (N-methyl/N-ethyl adjacent to an activating group) is 1. The molecule has 1 aromatic carbocycles. The summed E-state index contributed by atoms with van der Waals surface area (Å²) >= 11 is 0. The first-order valence-corrected chi connectivity index (χ1v) is 7.56. The summed E-state index contributed by atoms with van der Waals surface area (Å²) in [6, 6.07) is 9.04. The Kier molecular flexibility index (Phi) is 5.41. The second-order valence-electron chi connectivity index (χ2n) is 5.89. The molecule has 0 heterocycles. The summed E-state index contributed by atoms with van der Waals surface area (Å²) in [5, 5.41) is 3.37. The Bertz CT molecular complexity index is 373. The summed E-state index contributed by atoms with van der Waals surface area (Å²) in [5.41, 5.74) is 2.62. The van der Waals surface area contributed by atoms with E-state index in [1.54, 1.807) is 0 Å². The van der Waals surface area contributed by atoms with Gasteiger partial charge in [0.1, 0.15) is 0 Å². The molecular weight excluding hydrogens is 234 g/mol. The molecule has 0 radical (unpaired) electrons. The first kappa shape index (κ1) is 14.5. The highest BCUT2D eigenvalue weighted by Crippen LogP contribution is 2.27. The van der Waals surface area contributed by atoms with Gasteiger partial charge in [-0.1, -0.05) is 49.6 Å². The average Bonchev–Trinajstić information content (AvgIpc) is 2.43. The number of hydrogen-bond acceptors (Lipinski definition) is 2. The number of nitrogens with one attached hydrogen (secondary N) is 1. The van der Waals surface area contributed by atoms with Gasteiger partial charge in [-0.2, -0.15) is 0 Å². The summed E-state index contributed by atoms with van der Waals surface area (Å²) in [7, 11) is 2.01. The van der Waals surface area contributed by atoms with Crippen molar-refractivity contribution in [1.29, 1.82) is 0 Å². The number of ether oxygens (including phenoxy) is 1. The molecule has 0 bridgehead atoms. The van der Waals surface area contributed by atoms with Crippen molar-refractivity contribution in [3.63, 3.8) is 0 Å². The summed E-state index contributed by atoms with van der Waals surface area (Å²) < 4.78 is 6.17. The van der Waals surface area contributed by atoms with Crippen LogP contribution in [0.1, 0.15) is 49.8 Å². The maximum Gasteiger partial charge on any atom is 0.0665 e. The highest BCUT2D eigenvalue weighted by molar-refractivity contribution is 5.24. The van der Waals surface area contributed by atoms with E-state index < -0.39 is 0 Å². The van der Waals surface area contributed by atoms with Gasteiger partial charge in [-0.15, -0.1) is 0 Å². The zero-order chi connectivity index (χ0) is 13.7. The number of rotatable bonds is 5. The normalized spacial score (nSPS) is 25.2. The highest BCUT2D eigenvalue weighted by Gasteiger charge is 2.23. The average molecular weight is 261 g/mol. The van der Waals surface area contributed by atoms with Crippen LogP contribution in [0.15, 0.2) is 24.3 Å². The fraction of sp³-hybridized carbons (Fsp3) is 0.647. The van der Waals surface area contributed by atoms with Crippen LogP contribution in [0.2, 0.25) is 0 Å². The van der Waals surface area contributed by atoms with Crippen molar-refractivity contribution in [2.45, 2.75) is 51.7 Å². The molecule has 1 aliphatic carbocycles. The first-order valence-electron chi connectivity index (χ1n) is 7.56. The van der Waals surface area contributed by atoms with Gasteiger partial charge >= 0.3 is 0 Å². The molecule has 0 aromatic heterocycles. The minimum absolute atomic E-state index is 0.301. The molecule has 1 fully saturated rings. The second-order valence-corrected chi connectivity index (χ2v) is 5.89. The van der Waals surface area contributed by atoms with E-state index in [1.165, 1.54) is 36.8 Å². The van der Waals surface area contributed by atoms with Crippen LogP contribution in [0.3, 0.4) is 0 Å². The smallest absolute Gasteiger partial charge is 0.0665 e. The maximum atomic E-state index is 6.17. The molecule has 0 saturated heterocycles. The van der Waals surface area contributed by atoms with E-state index in [1.807, 2.05) is 7.05 Å². The van der Waals surface area contributed by atoms with Crippen LogP contribution in [-0.2, 0) is 4.74 Å². The predicted molar refractivity (Wildman–Crippen MR) is 80.4 cm³/mol. The van der Waals surface area contributed by atoms with E-state index in [0.29, 0.717) is 18.1 Å². The standard InChI is InChI=1S/C17H27NO/c1-13-8-10-15(11-9-13)16(18-3)12-19-17-7-5-4-6-14(17)2/h8-11,14,16-18H,4-7,12H2,1-3H3. The zero-order valence-electron chi connectivity index (χ0n) is 12.5. The third kappa shape index (κ3) is 4.05. The largest absolute Gasteiger partial charge is 0.376 e. The molecule has 3 unspecified atom stereocenters. The van der Waals surface area contributed by atoms with Crippen molar-refractivity contribution in [1.82, 2.24) is 5.32 Å². The Morgan fingerprint density at radius 2 is 1.89 bits per heavy atom. The van der Waals surface area contributed by atoms with E-state index in [0.717, 1.165) is 6.61 Å². The van der Waals surface area contributed by atoms with Gasteiger partial charge in [-0.05, 0) is 38.3 Å². The van der Waals surface area contributed by atoms with Gasteiger partial charge in [0.05, 0.1) is 18.8 Å². The van der Waals surface area contributed by atoms with E-state index in [-0.39, 0.29) is 0 Å². The minimum Gasteiger partial charge on any atom is -0.376 e. The summed E-state index contributed by atoms with van der Waals surface area (Å²) in [6.07, 6.45) is 5.69. The van der Waals surface area contributed by atoms with Crippen LogP contribution in [-0.4, -0.2) is 19.8 Å². The van der Waals surface area contributed by atoms with Crippen LogP contribution in [0.5, 0.6) is 0 Å². The molecule has 2 nitrogen and oxygen atoms in total. The van der Waals surface area contributed by atoms with Gasteiger partial charge in [-0.25, -0.2) is 0 Å². The van der Waals surface area contributed by atoms with Crippen molar-refractivity contribution in [3.8, 4) is 0 Å². The molecule has 1 aliphatic rings. The molecule has 19 heavy (non-hydrogen) atoms. The van der Waals surface area contributed by atoms with Gasteiger partial charge in [0.2, 0.25) is 0 Å². The molecule has 106 valence electrons. The quantitative estimate of drug-likeness (QED) is 0.869. The Hall–Kier alpha value is -0.860. The van der Waals surface area contributed by atoms with E-state index in [2.05, 4.69) is 43.4 Å². The fourth-order valence-corrected chi connectivity index (χ4v) is 2.89. The fourth-order valence-electron chi connectivity index (χ4n) is 2.89. The van der Waals surface area contributed by atoms with Gasteiger partial charge in [0.25, 0.3) is 0 Å². The molecule has 0 spiro atoms. The summed E-state index contributed by atoms with van der Waals surface area (Å²) in [5.74, 6) is 0.712. The Morgan fingerprint density at radius 3 is 2.53 bits per heavy atom. The van der Waals surface area contributed by atoms with Crippen LogP contribution in [0, 0.1) is 12.8 Å². The van der Waals surface area contributed by atoms with Crippen molar-refractivity contribution in [2.24, 2.45) is 5.92 Å². The van der Waals surface area contributed by atoms with Crippen LogP contribution >= 0.6 is 0 Å². The van der Waals surface area contributed by atoms with Crippen molar-refractivity contribution >= 4 is 0 Å². The lowest BCUT2D eigenvalue weighted by Gasteiger charge is -2.30. The van der Waals surface area contributed by atoms with Crippen LogP contribution in [0.25, 0.3) is 0 Å². The maximum absolute atomic E-state index is 6.17. The topological polar surface area (TPSA) is 21.3 Å². The molecule has 0 amide bonds. The molecule has 0 aliphatic heterocycles. The third-order valence-corrected chi connectivity index (χ3v) is 4.34. The third-order valence-electron chi connectivity index (χ3n) is 4.34. The Balaban J connectivity index is 1.90. The lowest BCUT2D eigenvalue weighted by atomic mass is 9.88. The second kappa shape index (κ2) is 7.06. The Morgan fingerprint density at radius 1 is 1.21 bits per heavy atom. The summed E-state index contributed by atoms with van der Waals surface area (Å²) in [4.78, 5) is 0. The highest BCUT2D eigenvalue weighted by atomic mass is 16.5. The monoisotopic (exact) mass is 261 g/mol. The number of hydrogen-bond donors (Lipinski definition) is 1. The molecule has 2 heteroatoms. The van der Waals surface area contributed by atoms with E-state index in [4.69, 9.17) is 4.74 Å². The lowest BCUT2D eigenvalue weighted by molar-refractivity contribution is -0.0145. The van der Waals surface area contributed by atoms with Gasteiger partial charge in [-0.3, -0.25) is 0 Å². The molecule has 1 N–H and O–H groups in total. The van der Waals surface area contributed by atoms with Crippen LogP contribution < -0.4 is 5.32 Å². The van der Waals surface area contributed by atoms with Crippen molar-refractivity contribution in [2.75, 3.05) is 13.7 Å². The van der Waals surface area contributed by atoms with E-state index in [9.17, 15) is 0 Å². The lowest BCUT2D eigenvalue weighted by Crippen LogP contribution is -2.30. The van der Waals surface area contributed by atoms with Crippen LogP contribution in [0.4, 0.5) is 0 Å². The van der Waals surface area contributed by atoms with Gasteiger partial charge in [0.15, 0.2) is 0 Å². The molecule has 2 rings (SSSR count). The summed E-state index contributed by atoms with van der Waals surface area (Å²) in [6.45, 7) is 5.22. The molecular formula is C17H27NO. The van der Waals surface area contributed by atoms with E-state index >= 15 is 0 Å². The van der Waals surface area contributed by atoms with Crippen molar-refractivity contribution in [3.05, 3.63) is 35.4 Å². The molecule has 1 aromatic rings. The van der Waals surface area contributed by atoms with Gasteiger partial charge in [0, 0.05) is 0 Å². The van der Waals surface area contributed by atoms with Gasteiger partial charge < -0.3 is 10.1 Å². The number of benzene rings is 1. The van der Waals surface area contributed by atoms with Crippen molar-refractivity contribution < 1.29 is 4.74 Å². The SMILES string of the molecule is CNC(COC1CCCCC1C)c1ccc(C)cc1. The molecule has 3 atom stereocenters. The first-order chi connectivity index (χ1) is 9.20. The Labute approximate surface area is 117 Å². The number of aryl methyl sites for hydroxylation is 1. The molecule has 1 saturated carbocycles.